The third-order valence-corrected chi connectivity index (χ3v) is 4.51. The van der Waals surface area contributed by atoms with Gasteiger partial charge in [-0.2, -0.15) is 0 Å². The van der Waals surface area contributed by atoms with Crippen molar-refractivity contribution in [2.75, 3.05) is 26.2 Å². The Labute approximate surface area is 108 Å². The monoisotopic (exact) mass is 240 g/mol. The molecule has 1 N–H and O–H groups in total. The van der Waals surface area contributed by atoms with Gasteiger partial charge in [-0.25, -0.2) is 0 Å². The van der Waals surface area contributed by atoms with Gasteiger partial charge in [0.05, 0.1) is 0 Å². The average molecular weight is 240 g/mol. The van der Waals surface area contributed by atoms with E-state index in [9.17, 15) is 0 Å². The van der Waals surface area contributed by atoms with Crippen molar-refractivity contribution in [3.05, 3.63) is 0 Å². The molecule has 4 atom stereocenters. The van der Waals surface area contributed by atoms with Crippen molar-refractivity contribution in [2.45, 2.75) is 53.5 Å². The maximum absolute atomic E-state index is 3.72. The summed E-state index contributed by atoms with van der Waals surface area (Å²) in [5, 5.41) is 3.72. The van der Waals surface area contributed by atoms with E-state index in [0.29, 0.717) is 0 Å². The van der Waals surface area contributed by atoms with Crippen LogP contribution < -0.4 is 5.32 Å². The van der Waals surface area contributed by atoms with Crippen molar-refractivity contribution >= 4 is 0 Å². The molecule has 102 valence electrons. The molecule has 0 aromatic rings. The van der Waals surface area contributed by atoms with Gasteiger partial charge in [-0.15, -0.1) is 0 Å². The minimum atomic E-state index is 0.736. The Morgan fingerprint density at radius 3 is 2.24 bits per heavy atom. The molecule has 0 aromatic carbocycles. The molecular formula is C15H32N2. The lowest BCUT2D eigenvalue weighted by atomic mass is 9.72. The molecule has 0 saturated heterocycles. The molecule has 1 rings (SSSR count). The molecule has 1 aliphatic rings. The molecule has 0 bridgehead atoms. The standard InChI is InChI=1S/C15H32N2/c1-6-16-15-10-12(4)9-13(5)14(15)11-17(7-2)8-3/h12-16H,6-11H2,1-5H3. The fraction of sp³-hybridized carbons (Fsp3) is 1.00. The minimum Gasteiger partial charge on any atom is -0.314 e. The molecule has 2 heteroatoms. The van der Waals surface area contributed by atoms with Gasteiger partial charge >= 0.3 is 0 Å². The lowest BCUT2D eigenvalue weighted by molar-refractivity contribution is 0.106. The highest BCUT2D eigenvalue weighted by Crippen LogP contribution is 2.34. The van der Waals surface area contributed by atoms with E-state index >= 15 is 0 Å². The second-order valence-corrected chi connectivity index (χ2v) is 5.87. The summed E-state index contributed by atoms with van der Waals surface area (Å²) in [5.74, 6) is 2.59. The topological polar surface area (TPSA) is 15.3 Å². The molecular weight excluding hydrogens is 208 g/mol. The Bertz CT molecular complexity index is 201. The number of hydrogen-bond donors (Lipinski definition) is 1. The number of nitrogens with one attached hydrogen (secondary N) is 1. The lowest BCUT2D eigenvalue weighted by Gasteiger charge is -2.42. The molecule has 0 aliphatic heterocycles. The molecule has 1 fully saturated rings. The van der Waals surface area contributed by atoms with E-state index in [1.807, 2.05) is 0 Å². The summed E-state index contributed by atoms with van der Waals surface area (Å²) in [7, 11) is 0. The normalized spacial score (nSPS) is 34.2. The van der Waals surface area contributed by atoms with Gasteiger partial charge in [-0.3, -0.25) is 0 Å². The van der Waals surface area contributed by atoms with E-state index in [1.54, 1.807) is 0 Å². The van der Waals surface area contributed by atoms with Crippen LogP contribution in [0, 0.1) is 17.8 Å². The zero-order chi connectivity index (χ0) is 12.8. The second-order valence-electron chi connectivity index (χ2n) is 5.87. The lowest BCUT2D eigenvalue weighted by Crippen LogP contribution is -2.49. The van der Waals surface area contributed by atoms with Gasteiger partial charge in [0.1, 0.15) is 0 Å². The van der Waals surface area contributed by atoms with Crippen LogP contribution in [-0.2, 0) is 0 Å². The van der Waals surface area contributed by atoms with Crippen LogP contribution in [0.25, 0.3) is 0 Å². The van der Waals surface area contributed by atoms with Crippen molar-refractivity contribution < 1.29 is 0 Å². The van der Waals surface area contributed by atoms with Crippen LogP contribution in [0.5, 0.6) is 0 Å². The second kappa shape index (κ2) is 7.38. The van der Waals surface area contributed by atoms with Crippen molar-refractivity contribution in [1.29, 1.82) is 0 Å². The Hall–Kier alpha value is -0.0800. The highest BCUT2D eigenvalue weighted by Gasteiger charge is 2.33. The van der Waals surface area contributed by atoms with E-state index in [1.165, 1.54) is 32.5 Å². The summed E-state index contributed by atoms with van der Waals surface area (Å²) >= 11 is 0. The third kappa shape index (κ3) is 4.26. The van der Waals surface area contributed by atoms with Crippen LogP contribution in [0.1, 0.15) is 47.5 Å². The van der Waals surface area contributed by atoms with Gasteiger partial charge in [0.25, 0.3) is 0 Å². The van der Waals surface area contributed by atoms with Crippen molar-refractivity contribution in [3.8, 4) is 0 Å². The Morgan fingerprint density at radius 2 is 1.71 bits per heavy atom. The average Bonchev–Trinajstić information content (AvgIpc) is 2.29. The third-order valence-electron chi connectivity index (χ3n) is 4.51. The van der Waals surface area contributed by atoms with Gasteiger partial charge < -0.3 is 10.2 Å². The van der Waals surface area contributed by atoms with Crippen LogP contribution in [0.2, 0.25) is 0 Å². The highest BCUT2D eigenvalue weighted by molar-refractivity contribution is 4.88. The van der Waals surface area contributed by atoms with E-state index in [4.69, 9.17) is 0 Å². The first-order valence-corrected chi connectivity index (χ1v) is 7.57. The van der Waals surface area contributed by atoms with Gasteiger partial charge in [0, 0.05) is 12.6 Å². The summed E-state index contributed by atoms with van der Waals surface area (Å²) in [5.41, 5.74) is 0. The Kier molecular flexibility index (Phi) is 6.50. The summed E-state index contributed by atoms with van der Waals surface area (Å²) in [6, 6.07) is 0.736. The van der Waals surface area contributed by atoms with Gasteiger partial charge in [-0.05, 0) is 50.2 Å². The van der Waals surface area contributed by atoms with E-state index in [-0.39, 0.29) is 0 Å². The fourth-order valence-corrected chi connectivity index (χ4v) is 3.49. The largest absolute Gasteiger partial charge is 0.314 e. The van der Waals surface area contributed by atoms with Crippen LogP contribution in [-0.4, -0.2) is 37.1 Å². The molecule has 0 spiro atoms. The molecule has 1 aliphatic carbocycles. The van der Waals surface area contributed by atoms with E-state index in [2.05, 4.69) is 44.8 Å². The van der Waals surface area contributed by atoms with E-state index < -0.39 is 0 Å². The number of hydrogen-bond acceptors (Lipinski definition) is 2. The first-order valence-electron chi connectivity index (χ1n) is 7.57. The summed E-state index contributed by atoms with van der Waals surface area (Å²) < 4.78 is 0. The zero-order valence-corrected chi connectivity index (χ0v) is 12.5. The maximum Gasteiger partial charge on any atom is 0.0112 e. The van der Waals surface area contributed by atoms with Gasteiger partial charge in [0.2, 0.25) is 0 Å². The molecule has 17 heavy (non-hydrogen) atoms. The predicted molar refractivity (Wildman–Crippen MR) is 76.3 cm³/mol. The van der Waals surface area contributed by atoms with Crippen molar-refractivity contribution in [3.63, 3.8) is 0 Å². The minimum absolute atomic E-state index is 0.736. The molecule has 2 nitrogen and oxygen atoms in total. The fourth-order valence-electron chi connectivity index (χ4n) is 3.49. The number of rotatable bonds is 6. The number of nitrogens with zero attached hydrogens (tertiary/aromatic N) is 1. The molecule has 0 radical (unpaired) electrons. The van der Waals surface area contributed by atoms with Gasteiger partial charge in [0.15, 0.2) is 0 Å². The summed E-state index contributed by atoms with van der Waals surface area (Å²) in [6.07, 6.45) is 2.78. The van der Waals surface area contributed by atoms with Crippen LogP contribution in [0.4, 0.5) is 0 Å². The van der Waals surface area contributed by atoms with Crippen LogP contribution >= 0.6 is 0 Å². The summed E-state index contributed by atoms with van der Waals surface area (Å²) in [6.45, 7) is 16.4. The van der Waals surface area contributed by atoms with Crippen molar-refractivity contribution in [2.24, 2.45) is 17.8 Å². The first kappa shape index (κ1) is 15.0. The molecule has 0 heterocycles. The van der Waals surface area contributed by atoms with Crippen molar-refractivity contribution in [1.82, 2.24) is 10.2 Å². The SMILES string of the molecule is CCNC1CC(C)CC(C)C1CN(CC)CC. The summed E-state index contributed by atoms with van der Waals surface area (Å²) in [4.78, 5) is 2.58. The highest BCUT2D eigenvalue weighted by atomic mass is 15.1. The molecule has 1 saturated carbocycles. The van der Waals surface area contributed by atoms with E-state index in [0.717, 1.165) is 30.3 Å². The molecule has 0 amide bonds. The Morgan fingerprint density at radius 1 is 1.06 bits per heavy atom. The smallest absolute Gasteiger partial charge is 0.0112 e. The zero-order valence-electron chi connectivity index (χ0n) is 12.5. The van der Waals surface area contributed by atoms with Gasteiger partial charge in [-0.1, -0.05) is 34.6 Å². The quantitative estimate of drug-likeness (QED) is 0.768. The Balaban J connectivity index is 2.62. The molecule has 0 aromatic heterocycles. The predicted octanol–water partition coefficient (Wildman–Crippen LogP) is 2.99. The van der Waals surface area contributed by atoms with Crippen LogP contribution in [0.15, 0.2) is 0 Å². The first-order chi connectivity index (χ1) is 8.12. The maximum atomic E-state index is 3.72. The molecule has 4 unspecified atom stereocenters. The van der Waals surface area contributed by atoms with Crippen LogP contribution in [0.3, 0.4) is 0 Å².